The molecule has 0 bridgehead atoms. The van der Waals surface area contributed by atoms with E-state index >= 15 is 0 Å². The first-order valence-electron chi connectivity index (χ1n) is 5.27. The summed E-state index contributed by atoms with van der Waals surface area (Å²) in [5.74, 6) is -0.731. The largest absolute Gasteiger partial charge is 0.507 e. The highest BCUT2D eigenvalue weighted by molar-refractivity contribution is 9.10. The van der Waals surface area contributed by atoms with Crippen molar-refractivity contribution in [2.24, 2.45) is 5.92 Å². The number of hydrogen-bond donors (Lipinski definition) is 2. The number of benzene rings is 1. The first-order chi connectivity index (χ1) is 8.42. The fraction of sp³-hybridized carbons (Fsp3) is 0.417. The van der Waals surface area contributed by atoms with Gasteiger partial charge in [-0.15, -0.1) is 0 Å². The van der Waals surface area contributed by atoms with E-state index in [1.54, 1.807) is 6.92 Å². The van der Waals surface area contributed by atoms with Crippen LogP contribution in [-0.2, 0) is 11.2 Å². The molecular formula is C12H15BrO5. The Balaban J connectivity index is 3.24. The van der Waals surface area contributed by atoms with Gasteiger partial charge in [0.25, 0.3) is 0 Å². The van der Waals surface area contributed by atoms with Gasteiger partial charge in [-0.2, -0.15) is 0 Å². The summed E-state index contributed by atoms with van der Waals surface area (Å²) in [5, 5.41) is 18.8. The van der Waals surface area contributed by atoms with E-state index in [0.29, 0.717) is 21.5 Å². The van der Waals surface area contributed by atoms with E-state index in [1.165, 1.54) is 20.3 Å². The molecule has 0 radical (unpaired) electrons. The molecule has 2 N–H and O–H groups in total. The number of rotatable bonds is 5. The molecule has 1 aromatic rings. The van der Waals surface area contributed by atoms with Crippen LogP contribution >= 0.6 is 15.9 Å². The van der Waals surface area contributed by atoms with Gasteiger partial charge in [0, 0.05) is 11.6 Å². The second-order valence-electron chi connectivity index (χ2n) is 3.87. The number of hydrogen-bond acceptors (Lipinski definition) is 4. The zero-order valence-electron chi connectivity index (χ0n) is 10.4. The molecule has 1 unspecified atom stereocenters. The number of carbonyl (C=O) groups is 1. The first kappa shape index (κ1) is 14.6. The van der Waals surface area contributed by atoms with Crippen LogP contribution in [0.15, 0.2) is 10.5 Å². The third-order valence-electron chi connectivity index (χ3n) is 2.62. The lowest BCUT2D eigenvalue weighted by Crippen LogP contribution is -2.13. The predicted octanol–water partition coefficient (Wildman–Crippen LogP) is 2.44. The molecule has 0 aliphatic heterocycles. The summed E-state index contributed by atoms with van der Waals surface area (Å²) in [4.78, 5) is 10.9. The summed E-state index contributed by atoms with van der Waals surface area (Å²) < 4.78 is 10.8. The van der Waals surface area contributed by atoms with Gasteiger partial charge in [-0.3, -0.25) is 4.79 Å². The monoisotopic (exact) mass is 318 g/mol. The van der Waals surface area contributed by atoms with Crippen LogP contribution < -0.4 is 9.47 Å². The lowest BCUT2D eigenvalue weighted by atomic mass is 10.00. The Morgan fingerprint density at radius 2 is 2.06 bits per heavy atom. The fourth-order valence-corrected chi connectivity index (χ4v) is 2.29. The summed E-state index contributed by atoms with van der Waals surface area (Å²) in [7, 11) is 2.94. The summed E-state index contributed by atoms with van der Waals surface area (Å²) in [6, 6.07) is 1.41. The molecule has 0 heterocycles. The second-order valence-corrected chi connectivity index (χ2v) is 4.66. The van der Waals surface area contributed by atoms with E-state index in [9.17, 15) is 9.90 Å². The van der Waals surface area contributed by atoms with Crippen LogP contribution in [0.1, 0.15) is 12.5 Å². The zero-order valence-corrected chi connectivity index (χ0v) is 11.9. The van der Waals surface area contributed by atoms with Crippen molar-refractivity contribution in [1.82, 2.24) is 0 Å². The molecule has 100 valence electrons. The van der Waals surface area contributed by atoms with E-state index < -0.39 is 11.9 Å². The molecule has 1 atom stereocenters. The lowest BCUT2D eigenvalue weighted by molar-refractivity contribution is -0.141. The Kier molecular flexibility index (Phi) is 4.84. The molecule has 0 amide bonds. The second kappa shape index (κ2) is 5.95. The van der Waals surface area contributed by atoms with E-state index in [1.807, 2.05) is 0 Å². The molecular weight excluding hydrogens is 304 g/mol. The minimum Gasteiger partial charge on any atom is -0.507 e. The molecule has 0 saturated heterocycles. The standard InChI is InChI=1S/C12H15BrO5/c1-6(12(15)16)4-7-8(14)5-9(17-2)11(18-3)10(7)13/h5-6,14H,4H2,1-3H3,(H,15,16). The van der Waals surface area contributed by atoms with E-state index in [-0.39, 0.29) is 12.2 Å². The number of carboxylic acid groups (broad SMARTS) is 1. The highest BCUT2D eigenvalue weighted by Gasteiger charge is 2.21. The maximum atomic E-state index is 10.9. The Morgan fingerprint density at radius 3 is 2.50 bits per heavy atom. The Labute approximate surface area is 113 Å². The van der Waals surface area contributed by atoms with Gasteiger partial charge in [0.15, 0.2) is 11.5 Å². The SMILES string of the molecule is COc1cc(O)c(CC(C)C(=O)O)c(Br)c1OC. The van der Waals surface area contributed by atoms with Crippen molar-refractivity contribution in [3.63, 3.8) is 0 Å². The lowest BCUT2D eigenvalue weighted by Gasteiger charge is -2.16. The highest BCUT2D eigenvalue weighted by Crippen LogP contribution is 2.43. The number of methoxy groups -OCH3 is 2. The van der Waals surface area contributed by atoms with Crippen molar-refractivity contribution in [3.05, 3.63) is 16.1 Å². The predicted molar refractivity (Wildman–Crippen MR) is 69.4 cm³/mol. The molecule has 0 aliphatic carbocycles. The van der Waals surface area contributed by atoms with Gasteiger partial charge in [0.1, 0.15) is 5.75 Å². The number of aromatic hydroxyl groups is 1. The maximum absolute atomic E-state index is 10.9. The van der Waals surface area contributed by atoms with Crippen molar-refractivity contribution >= 4 is 21.9 Å². The number of phenols is 1. The molecule has 1 aromatic carbocycles. The van der Waals surface area contributed by atoms with E-state index in [0.717, 1.165) is 0 Å². The number of phenolic OH excluding ortho intramolecular Hbond substituents is 1. The molecule has 18 heavy (non-hydrogen) atoms. The average molecular weight is 319 g/mol. The van der Waals surface area contributed by atoms with Gasteiger partial charge in [-0.1, -0.05) is 6.92 Å². The smallest absolute Gasteiger partial charge is 0.306 e. The van der Waals surface area contributed by atoms with Crippen molar-refractivity contribution in [2.45, 2.75) is 13.3 Å². The van der Waals surface area contributed by atoms with Crippen molar-refractivity contribution in [2.75, 3.05) is 14.2 Å². The van der Waals surface area contributed by atoms with Crippen molar-refractivity contribution < 1.29 is 24.5 Å². The van der Waals surface area contributed by atoms with Crippen LogP contribution in [0.2, 0.25) is 0 Å². The molecule has 5 nitrogen and oxygen atoms in total. The molecule has 0 saturated carbocycles. The number of aliphatic carboxylic acids is 1. The van der Waals surface area contributed by atoms with Gasteiger partial charge in [-0.05, 0) is 22.4 Å². The quantitative estimate of drug-likeness (QED) is 0.872. The van der Waals surface area contributed by atoms with Crippen LogP contribution in [0.4, 0.5) is 0 Å². The van der Waals surface area contributed by atoms with Crippen LogP contribution in [0.3, 0.4) is 0 Å². The number of carboxylic acids is 1. The van der Waals surface area contributed by atoms with Gasteiger partial charge in [-0.25, -0.2) is 0 Å². The van der Waals surface area contributed by atoms with Crippen LogP contribution in [0.5, 0.6) is 17.2 Å². The van der Waals surface area contributed by atoms with Crippen LogP contribution in [-0.4, -0.2) is 30.4 Å². The molecule has 6 heteroatoms. The molecule has 0 aromatic heterocycles. The third-order valence-corrected chi connectivity index (χ3v) is 3.46. The number of halogens is 1. The van der Waals surface area contributed by atoms with Gasteiger partial charge >= 0.3 is 5.97 Å². The first-order valence-corrected chi connectivity index (χ1v) is 6.06. The summed E-state index contributed by atoms with van der Waals surface area (Å²) in [5.41, 5.74) is 0.488. The Morgan fingerprint density at radius 1 is 1.44 bits per heavy atom. The van der Waals surface area contributed by atoms with Crippen LogP contribution in [0, 0.1) is 5.92 Å². The van der Waals surface area contributed by atoms with Gasteiger partial charge in [0.2, 0.25) is 0 Å². The molecule has 0 spiro atoms. The fourth-order valence-electron chi connectivity index (χ4n) is 1.56. The zero-order chi connectivity index (χ0) is 13.9. The highest BCUT2D eigenvalue weighted by atomic mass is 79.9. The van der Waals surface area contributed by atoms with Gasteiger partial charge in [0.05, 0.1) is 24.6 Å². The maximum Gasteiger partial charge on any atom is 0.306 e. The Bertz CT molecular complexity index is 458. The molecule has 0 aliphatic rings. The normalized spacial score (nSPS) is 12.0. The Hall–Kier alpha value is -1.43. The summed E-state index contributed by atoms with van der Waals surface area (Å²) >= 11 is 3.30. The van der Waals surface area contributed by atoms with Crippen LogP contribution in [0.25, 0.3) is 0 Å². The van der Waals surface area contributed by atoms with E-state index in [4.69, 9.17) is 14.6 Å². The molecule has 1 rings (SSSR count). The van der Waals surface area contributed by atoms with Crippen molar-refractivity contribution in [3.8, 4) is 17.2 Å². The summed E-state index contributed by atoms with van der Waals surface area (Å²) in [6.07, 6.45) is 0.197. The number of ether oxygens (including phenoxy) is 2. The van der Waals surface area contributed by atoms with E-state index in [2.05, 4.69) is 15.9 Å². The minimum atomic E-state index is -0.920. The minimum absolute atomic E-state index is 0.0207. The topological polar surface area (TPSA) is 76.0 Å². The van der Waals surface area contributed by atoms with Crippen molar-refractivity contribution in [1.29, 1.82) is 0 Å². The summed E-state index contributed by atoms with van der Waals surface area (Å²) in [6.45, 7) is 1.57. The van der Waals surface area contributed by atoms with Gasteiger partial charge < -0.3 is 19.7 Å². The average Bonchev–Trinajstić information content (AvgIpc) is 2.33. The third kappa shape index (κ3) is 2.87. The molecule has 0 fully saturated rings.